The third-order valence-electron chi connectivity index (χ3n) is 4.24. The van der Waals surface area contributed by atoms with Gasteiger partial charge in [0.1, 0.15) is 18.0 Å². The van der Waals surface area contributed by atoms with Crippen molar-refractivity contribution in [3.8, 4) is 5.75 Å². The number of ether oxygens (including phenoxy) is 2. The Balaban J connectivity index is 2.05. The van der Waals surface area contributed by atoms with Gasteiger partial charge in [0.25, 0.3) is 5.91 Å². The molecule has 1 fully saturated rings. The molecule has 9 heteroatoms. The van der Waals surface area contributed by atoms with E-state index in [9.17, 15) is 9.59 Å². The molecular formula is C20H16Cl2N2O4S. The minimum absolute atomic E-state index is 0.155. The van der Waals surface area contributed by atoms with Crippen molar-refractivity contribution in [2.45, 2.75) is 0 Å². The van der Waals surface area contributed by atoms with E-state index in [1.54, 1.807) is 55.7 Å². The number of amides is 1. The molecule has 0 atom stereocenters. The molecule has 29 heavy (non-hydrogen) atoms. The maximum absolute atomic E-state index is 13.2. The Morgan fingerprint density at radius 1 is 1.14 bits per heavy atom. The molecule has 1 aliphatic rings. The quantitative estimate of drug-likeness (QED) is 0.387. The summed E-state index contributed by atoms with van der Waals surface area (Å²) in [6, 6.07) is 11.7. The van der Waals surface area contributed by atoms with Gasteiger partial charge in [0.05, 0.1) is 19.9 Å². The topological polar surface area (TPSA) is 59.1 Å². The molecule has 0 aliphatic carbocycles. The molecule has 0 unspecified atom stereocenters. The molecule has 0 saturated carbocycles. The van der Waals surface area contributed by atoms with Gasteiger partial charge in [-0.1, -0.05) is 29.3 Å². The molecule has 0 aromatic heterocycles. The van der Waals surface area contributed by atoms with E-state index in [2.05, 4.69) is 0 Å². The predicted octanol–water partition coefficient (Wildman–Crippen LogP) is 4.15. The molecule has 0 bridgehead atoms. The van der Waals surface area contributed by atoms with Crippen LogP contribution >= 0.6 is 35.4 Å². The number of thiocarbonyl (C=S) groups is 1. The van der Waals surface area contributed by atoms with Crippen LogP contribution in [-0.2, 0) is 14.3 Å². The van der Waals surface area contributed by atoms with E-state index in [1.807, 2.05) is 0 Å². The standard InChI is InChI=1S/C20H16Cl2N2O4S/c1-27-15-7-5-14(6-8-15)24-19(26)17(23(20(24)29)11-18(25)28-2)9-12-3-4-13(21)10-16(12)22/h3-10H,11H2,1-2H3/b17-9-. The van der Waals surface area contributed by atoms with Gasteiger partial charge in [-0.15, -0.1) is 0 Å². The number of carbonyl (C=O) groups is 2. The second kappa shape index (κ2) is 8.82. The number of methoxy groups -OCH3 is 2. The normalized spacial score (nSPS) is 15.2. The third kappa shape index (κ3) is 4.37. The van der Waals surface area contributed by atoms with E-state index in [-0.39, 0.29) is 17.4 Å². The van der Waals surface area contributed by atoms with Gasteiger partial charge in [0.2, 0.25) is 0 Å². The molecule has 2 aromatic carbocycles. The first-order valence-electron chi connectivity index (χ1n) is 8.39. The zero-order valence-electron chi connectivity index (χ0n) is 15.5. The lowest BCUT2D eigenvalue weighted by molar-refractivity contribution is -0.140. The van der Waals surface area contributed by atoms with Crippen LogP contribution in [0.25, 0.3) is 6.08 Å². The van der Waals surface area contributed by atoms with Gasteiger partial charge in [-0.2, -0.15) is 0 Å². The monoisotopic (exact) mass is 450 g/mol. The minimum atomic E-state index is -0.537. The molecule has 2 aromatic rings. The lowest BCUT2D eigenvalue weighted by atomic mass is 10.1. The Morgan fingerprint density at radius 2 is 1.83 bits per heavy atom. The molecule has 3 rings (SSSR count). The van der Waals surface area contributed by atoms with Crippen LogP contribution in [-0.4, -0.2) is 42.7 Å². The number of carbonyl (C=O) groups excluding carboxylic acids is 2. The maximum atomic E-state index is 13.2. The van der Waals surface area contributed by atoms with Crippen LogP contribution in [0.15, 0.2) is 48.2 Å². The van der Waals surface area contributed by atoms with Gasteiger partial charge in [-0.3, -0.25) is 14.5 Å². The van der Waals surface area contributed by atoms with Crippen molar-refractivity contribution in [3.63, 3.8) is 0 Å². The van der Waals surface area contributed by atoms with Crippen molar-refractivity contribution in [2.24, 2.45) is 0 Å². The van der Waals surface area contributed by atoms with E-state index in [0.717, 1.165) is 0 Å². The van der Waals surface area contributed by atoms with Crippen LogP contribution in [0.5, 0.6) is 5.75 Å². The average Bonchev–Trinajstić information content (AvgIpc) is 2.93. The van der Waals surface area contributed by atoms with E-state index >= 15 is 0 Å². The first-order valence-corrected chi connectivity index (χ1v) is 9.55. The molecule has 1 heterocycles. The summed E-state index contributed by atoms with van der Waals surface area (Å²) in [5.74, 6) is -0.290. The van der Waals surface area contributed by atoms with Crippen molar-refractivity contribution >= 4 is 64.2 Å². The smallest absolute Gasteiger partial charge is 0.325 e. The molecule has 1 aliphatic heterocycles. The fourth-order valence-corrected chi connectivity index (χ4v) is 3.57. The number of anilines is 1. The summed E-state index contributed by atoms with van der Waals surface area (Å²) in [6.07, 6.45) is 1.57. The van der Waals surface area contributed by atoms with Crippen LogP contribution in [0.2, 0.25) is 10.0 Å². The highest BCUT2D eigenvalue weighted by atomic mass is 35.5. The van der Waals surface area contributed by atoms with Crippen LogP contribution in [0.1, 0.15) is 5.56 Å². The summed E-state index contributed by atoms with van der Waals surface area (Å²) in [6.45, 7) is -0.217. The average molecular weight is 451 g/mol. The molecule has 0 N–H and O–H groups in total. The number of hydrogen-bond donors (Lipinski definition) is 0. The summed E-state index contributed by atoms with van der Waals surface area (Å²) < 4.78 is 9.90. The molecule has 150 valence electrons. The van der Waals surface area contributed by atoms with Gasteiger partial charge in [0, 0.05) is 10.0 Å². The fourth-order valence-electron chi connectivity index (χ4n) is 2.75. The number of esters is 1. The number of hydrogen-bond acceptors (Lipinski definition) is 5. The van der Waals surface area contributed by atoms with E-state index in [0.29, 0.717) is 27.0 Å². The summed E-state index contributed by atoms with van der Waals surface area (Å²) in [7, 11) is 2.82. The summed E-state index contributed by atoms with van der Waals surface area (Å²) in [5, 5.41) is 0.989. The first-order chi connectivity index (χ1) is 13.8. The lowest BCUT2D eigenvalue weighted by Gasteiger charge is -2.19. The second-order valence-electron chi connectivity index (χ2n) is 5.98. The molecule has 0 spiro atoms. The summed E-state index contributed by atoms with van der Waals surface area (Å²) >= 11 is 17.7. The minimum Gasteiger partial charge on any atom is -0.497 e. The van der Waals surface area contributed by atoms with Crippen LogP contribution in [0.3, 0.4) is 0 Å². The van der Waals surface area contributed by atoms with E-state index in [4.69, 9.17) is 44.9 Å². The first kappa shape index (κ1) is 21.1. The Hall–Kier alpha value is -2.61. The van der Waals surface area contributed by atoms with Gasteiger partial charge in [-0.25, -0.2) is 0 Å². The number of halogens is 2. The zero-order chi connectivity index (χ0) is 21.1. The highest BCUT2D eigenvalue weighted by Gasteiger charge is 2.40. The molecule has 0 radical (unpaired) electrons. The third-order valence-corrected chi connectivity index (χ3v) is 5.20. The van der Waals surface area contributed by atoms with Crippen LogP contribution in [0.4, 0.5) is 5.69 Å². The number of benzene rings is 2. The summed E-state index contributed by atoms with van der Waals surface area (Å²) in [5.41, 5.74) is 1.30. The summed E-state index contributed by atoms with van der Waals surface area (Å²) in [4.78, 5) is 27.9. The largest absolute Gasteiger partial charge is 0.497 e. The van der Waals surface area contributed by atoms with Crippen LogP contribution < -0.4 is 9.64 Å². The SMILES string of the molecule is COC(=O)CN1C(=S)N(c2ccc(OC)cc2)C(=O)/C1=C/c1ccc(Cl)cc1Cl. The molecule has 1 saturated heterocycles. The van der Waals surface area contributed by atoms with Gasteiger partial charge in [-0.05, 0) is 60.3 Å². The lowest BCUT2D eigenvalue weighted by Crippen LogP contribution is -2.35. The van der Waals surface area contributed by atoms with Crippen LogP contribution in [0, 0.1) is 0 Å². The Kier molecular flexibility index (Phi) is 6.42. The zero-order valence-corrected chi connectivity index (χ0v) is 17.8. The van der Waals surface area contributed by atoms with E-state index in [1.165, 1.54) is 16.9 Å². The fraction of sp³-hybridized carbons (Fsp3) is 0.150. The van der Waals surface area contributed by atoms with Gasteiger partial charge in [0.15, 0.2) is 5.11 Å². The Bertz CT molecular complexity index is 1010. The van der Waals surface area contributed by atoms with Crippen molar-refractivity contribution in [1.29, 1.82) is 0 Å². The number of rotatable bonds is 5. The predicted molar refractivity (Wildman–Crippen MR) is 116 cm³/mol. The van der Waals surface area contributed by atoms with Crippen molar-refractivity contribution < 1.29 is 19.1 Å². The maximum Gasteiger partial charge on any atom is 0.325 e. The molecule has 1 amide bonds. The van der Waals surface area contributed by atoms with Gasteiger partial charge >= 0.3 is 5.97 Å². The molecule has 6 nitrogen and oxygen atoms in total. The van der Waals surface area contributed by atoms with Gasteiger partial charge < -0.3 is 14.4 Å². The Morgan fingerprint density at radius 3 is 2.41 bits per heavy atom. The number of nitrogens with zero attached hydrogens (tertiary/aromatic N) is 2. The highest BCUT2D eigenvalue weighted by molar-refractivity contribution is 7.80. The highest BCUT2D eigenvalue weighted by Crippen LogP contribution is 2.32. The van der Waals surface area contributed by atoms with Crippen molar-refractivity contribution in [1.82, 2.24) is 4.90 Å². The van der Waals surface area contributed by atoms with E-state index < -0.39 is 11.9 Å². The van der Waals surface area contributed by atoms with Crippen molar-refractivity contribution in [3.05, 3.63) is 63.8 Å². The van der Waals surface area contributed by atoms with Crippen molar-refractivity contribution in [2.75, 3.05) is 25.7 Å². The molecular weight excluding hydrogens is 435 g/mol. The Labute approximate surface area is 183 Å². The second-order valence-corrected chi connectivity index (χ2v) is 7.19.